The highest BCUT2D eigenvalue weighted by Gasteiger charge is 2.34. The third-order valence-electron chi connectivity index (χ3n) is 6.09. The third-order valence-corrected chi connectivity index (χ3v) is 6.09. The van der Waals surface area contributed by atoms with Gasteiger partial charge in [-0.2, -0.15) is 13.2 Å². The first-order valence-electron chi connectivity index (χ1n) is 11.1. The molecule has 2 amide bonds. The Bertz CT molecular complexity index is 1410. The number of carbonyl (C=O) groups excluding carboxylic acids is 1. The number of fused-ring (bicyclic) bond motifs is 3. The zero-order valence-electron chi connectivity index (χ0n) is 18.7. The summed E-state index contributed by atoms with van der Waals surface area (Å²) in [6.07, 6.45) is -0.423. The second kappa shape index (κ2) is 8.64. The van der Waals surface area contributed by atoms with E-state index < -0.39 is 17.6 Å². The molecule has 5 rings (SSSR count). The van der Waals surface area contributed by atoms with Gasteiger partial charge in [0.25, 0.3) is 0 Å². The summed E-state index contributed by atoms with van der Waals surface area (Å²) in [5.41, 5.74) is 7.11. The molecule has 182 valence electrons. The van der Waals surface area contributed by atoms with Crippen LogP contribution in [0.25, 0.3) is 33.3 Å². The number of hydrogen-bond acceptors (Lipinski definition) is 7. The van der Waals surface area contributed by atoms with Crippen molar-refractivity contribution in [3.63, 3.8) is 0 Å². The summed E-state index contributed by atoms with van der Waals surface area (Å²) in [5.74, 6) is -0.590. The van der Waals surface area contributed by atoms with Crippen LogP contribution in [0.1, 0.15) is 31.4 Å². The number of anilines is 1. The molecule has 0 spiro atoms. The fraction of sp³-hybridized carbons (Fsp3) is 0.364. The summed E-state index contributed by atoms with van der Waals surface area (Å²) in [6, 6.07) is 4.11. The van der Waals surface area contributed by atoms with Gasteiger partial charge < -0.3 is 16.0 Å². The van der Waals surface area contributed by atoms with Crippen molar-refractivity contribution in [2.75, 3.05) is 25.4 Å². The number of amides is 2. The van der Waals surface area contributed by atoms with Gasteiger partial charge in [0.2, 0.25) is 0 Å². The van der Waals surface area contributed by atoms with Crippen molar-refractivity contribution >= 4 is 33.9 Å². The molecule has 0 aromatic carbocycles. The SMILES string of the molecule is CCNC(=O)N1CCC(n2nnc3cnc4ccc(-c5cnc(N)c(C(F)(F)F)c5)nc4c32)CC1. The molecular weight excluding hydrogens is 463 g/mol. The molecule has 10 nitrogen and oxygen atoms in total. The highest BCUT2D eigenvalue weighted by molar-refractivity contribution is 5.99. The molecule has 1 saturated heterocycles. The van der Waals surface area contributed by atoms with Crippen LogP contribution in [0.15, 0.2) is 30.6 Å². The lowest BCUT2D eigenvalue weighted by Gasteiger charge is -2.32. The number of alkyl halides is 3. The average Bonchev–Trinajstić information content (AvgIpc) is 3.28. The van der Waals surface area contributed by atoms with Crippen molar-refractivity contribution in [3.05, 3.63) is 36.2 Å². The van der Waals surface area contributed by atoms with Gasteiger partial charge in [-0.3, -0.25) is 4.98 Å². The zero-order valence-corrected chi connectivity index (χ0v) is 18.7. The van der Waals surface area contributed by atoms with Crippen LogP contribution in [0.3, 0.4) is 0 Å². The van der Waals surface area contributed by atoms with E-state index >= 15 is 0 Å². The van der Waals surface area contributed by atoms with E-state index in [4.69, 9.17) is 5.73 Å². The van der Waals surface area contributed by atoms with E-state index in [0.29, 0.717) is 60.2 Å². The molecule has 3 N–H and O–H groups in total. The standard InChI is InChI=1S/C22H22F3N9O/c1-2-27-21(35)33-7-5-13(6-8-33)34-19-17(31-32-34)11-28-16-4-3-15(30-18(16)19)12-9-14(22(23,24)25)20(26)29-10-12/h3-4,9-11,13H,2,5-8H2,1H3,(H2,26,29)(H,27,35). The number of rotatable bonds is 3. The maximum Gasteiger partial charge on any atom is 0.419 e. The van der Waals surface area contributed by atoms with Gasteiger partial charge >= 0.3 is 12.2 Å². The second-order valence-electron chi connectivity index (χ2n) is 8.30. The van der Waals surface area contributed by atoms with Crippen LogP contribution in [0.4, 0.5) is 23.8 Å². The van der Waals surface area contributed by atoms with E-state index in [1.807, 2.05) is 6.92 Å². The number of nitrogens with two attached hydrogens (primary N) is 1. The van der Waals surface area contributed by atoms with Crippen LogP contribution >= 0.6 is 0 Å². The Kier molecular flexibility index (Phi) is 5.61. The normalized spacial score (nSPS) is 15.1. The highest BCUT2D eigenvalue weighted by atomic mass is 19.4. The van der Waals surface area contributed by atoms with Crippen LogP contribution in [0.5, 0.6) is 0 Å². The number of carbonyl (C=O) groups is 1. The van der Waals surface area contributed by atoms with Crippen molar-refractivity contribution in [3.8, 4) is 11.3 Å². The Hall–Kier alpha value is -4.03. The van der Waals surface area contributed by atoms with E-state index in [0.717, 1.165) is 6.07 Å². The molecule has 0 radical (unpaired) electrons. The largest absolute Gasteiger partial charge is 0.419 e. The topological polar surface area (TPSA) is 128 Å². The first-order valence-corrected chi connectivity index (χ1v) is 11.1. The number of hydrogen-bond donors (Lipinski definition) is 2. The second-order valence-corrected chi connectivity index (χ2v) is 8.30. The Morgan fingerprint density at radius 1 is 1.17 bits per heavy atom. The average molecular weight is 485 g/mol. The molecule has 0 atom stereocenters. The molecule has 5 heterocycles. The van der Waals surface area contributed by atoms with Crippen LogP contribution in [-0.2, 0) is 6.18 Å². The molecule has 0 aliphatic carbocycles. The Morgan fingerprint density at radius 3 is 2.66 bits per heavy atom. The molecule has 4 aromatic rings. The summed E-state index contributed by atoms with van der Waals surface area (Å²) in [5, 5.41) is 11.4. The van der Waals surface area contributed by atoms with Crippen LogP contribution < -0.4 is 11.1 Å². The predicted octanol–water partition coefficient (Wildman–Crippen LogP) is 3.40. The molecule has 35 heavy (non-hydrogen) atoms. The van der Waals surface area contributed by atoms with Crippen LogP contribution in [0, 0.1) is 0 Å². The number of likely N-dealkylation sites (tertiary alicyclic amines) is 1. The Labute approximate surface area is 197 Å². The number of piperidine rings is 1. The van der Waals surface area contributed by atoms with Gasteiger partial charge in [0.15, 0.2) is 0 Å². The van der Waals surface area contributed by atoms with Gasteiger partial charge in [-0.1, -0.05) is 5.21 Å². The lowest BCUT2D eigenvalue weighted by Crippen LogP contribution is -2.44. The maximum atomic E-state index is 13.3. The molecular formula is C22H22F3N9O. The van der Waals surface area contributed by atoms with E-state index in [1.165, 1.54) is 6.20 Å². The lowest BCUT2D eigenvalue weighted by atomic mass is 10.1. The first-order chi connectivity index (χ1) is 16.8. The Balaban J connectivity index is 1.54. The molecule has 13 heteroatoms. The number of aromatic nitrogens is 6. The van der Waals surface area contributed by atoms with Gasteiger partial charge in [-0.25, -0.2) is 19.4 Å². The van der Waals surface area contributed by atoms with Gasteiger partial charge in [0.05, 0.1) is 29.0 Å². The maximum absolute atomic E-state index is 13.3. The van der Waals surface area contributed by atoms with Crippen molar-refractivity contribution in [2.45, 2.75) is 32.0 Å². The lowest BCUT2D eigenvalue weighted by molar-refractivity contribution is -0.137. The monoisotopic (exact) mass is 485 g/mol. The number of nitrogen functional groups attached to an aromatic ring is 1. The summed E-state index contributed by atoms with van der Waals surface area (Å²) in [6.45, 7) is 3.57. The first kappa shape index (κ1) is 22.7. The molecule has 0 saturated carbocycles. The van der Waals surface area contributed by atoms with E-state index in [9.17, 15) is 18.0 Å². The van der Waals surface area contributed by atoms with E-state index in [2.05, 4.69) is 30.6 Å². The summed E-state index contributed by atoms with van der Waals surface area (Å²) < 4.78 is 41.8. The van der Waals surface area contributed by atoms with Gasteiger partial charge in [0, 0.05) is 31.4 Å². The fourth-order valence-electron chi connectivity index (χ4n) is 4.32. The van der Waals surface area contributed by atoms with Crippen LogP contribution in [0.2, 0.25) is 0 Å². The quantitative estimate of drug-likeness (QED) is 0.455. The molecule has 0 unspecified atom stereocenters. The number of nitrogens with zero attached hydrogens (tertiary/aromatic N) is 7. The summed E-state index contributed by atoms with van der Waals surface area (Å²) in [7, 11) is 0. The van der Waals surface area contributed by atoms with Crippen molar-refractivity contribution in [1.82, 2.24) is 40.2 Å². The highest BCUT2D eigenvalue weighted by Crippen LogP contribution is 2.35. The fourth-order valence-corrected chi connectivity index (χ4v) is 4.32. The molecule has 1 aliphatic rings. The molecule has 1 fully saturated rings. The molecule has 4 aromatic heterocycles. The van der Waals surface area contributed by atoms with Crippen molar-refractivity contribution in [2.24, 2.45) is 0 Å². The zero-order chi connectivity index (χ0) is 24.7. The van der Waals surface area contributed by atoms with Gasteiger partial charge in [-0.05, 0) is 38.0 Å². The van der Waals surface area contributed by atoms with E-state index in [-0.39, 0.29) is 17.6 Å². The predicted molar refractivity (Wildman–Crippen MR) is 122 cm³/mol. The van der Waals surface area contributed by atoms with Gasteiger partial charge in [-0.15, -0.1) is 5.10 Å². The number of nitrogens with one attached hydrogen (secondary N) is 1. The molecule has 1 aliphatic heterocycles. The van der Waals surface area contributed by atoms with Gasteiger partial charge in [0.1, 0.15) is 22.4 Å². The van der Waals surface area contributed by atoms with Crippen molar-refractivity contribution in [1.29, 1.82) is 0 Å². The summed E-state index contributed by atoms with van der Waals surface area (Å²) >= 11 is 0. The number of urea groups is 1. The number of pyridine rings is 3. The number of halogens is 3. The summed E-state index contributed by atoms with van der Waals surface area (Å²) in [4.78, 5) is 26.6. The smallest absolute Gasteiger partial charge is 0.383 e. The van der Waals surface area contributed by atoms with Crippen molar-refractivity contribution < 1.29 is 18.0 Å². The molecule has 0 bridgehead atoms. The Morgan fingerprint density at radius 2 is 1.94 bits per heavy atom. The van der Waals surface area contributed by atoms with Crippen LogP contribution in [-0.4, -0.2) is 60.5 Å². The minimum atomic E-state index is -4.63. The van der Waals surface area contributed by atoms with E-state index in [1.54, 1.807) is 27.9 Å². The minimum absolute atomic E-state index is 0.0169. The third kappa shape index (κ3) is 4.17. The minimum Gasteiger partial charge on any atom is -0.383 e.